The Morgan fingerprint density at radius 3 is 2.60 bits per heavy atom. The number of aryl methyl sites for hydroxylation is 1. The van der Waals surface area contributed by atoms with Crippen molar-refractivity contribution in [3.63, 3.8) is 0 Å². The van der Waals surface area contributed by atoms with Gasteiger partial charge in [0.05, 0.1) is 10.6 Å². The summed E-state index contributed by atoms with van der Waals surface area (Å²) in [6.07, 6.45) is 0.916. The number of anilines is 1. The van der Waals surface area contributed by atoms with Gasteiger partial charge in [-0.25, -0.2) is 4.98 Å². The van der Waals surface area contributed by atoms with Gasteiger partial charge >= 0.3 is 0 Å². The number of nitrogens with two attached hydrogens (primary N) is 1. The Balaban J connectivity index is 2.48. The molecule has 2 nitrogen and oxygen atoms in total. The van der Waals surface area contributed by atoms with Crippen LogP contribution in [0.4, 0.5) is 5.13 Å². The first kappa shape index (κ1) is 10.6. The van der Waals surface area contributed by atoms with Crippen LogP contribution >= 0.6 is 27.3 Å². The highest BCUT2D eigenvalue weighted by Gasteiger charge is 2.09. The molecule has 0 aliphatic heterocycles. The summed E-state index contributed by atoms with van der Waals surface area (Å²) < 4.78 is 1.08. The molecule has 1 heterocycles. The molecule has 78 valence electrons. The molecule has 2 aromatic rings. The van der Waals surface area contributed by atoms with Gasteiger partial charge in [0.25, 0.3) is 0 Å². The molecule has 0 amide bonds. The number of nitrogen functional groups attached to an aromatic ring is 1. The number of hydrogen-bond acceptors (Lipinski definition) is 3. The van der Waals surface area contributed by atoms with E-state index >= 15 is 0 Å². The zero-order valence-corrected chi connectivity index (χ0v) is 10.7. The Morgan fingerprint density at radius 1 is 1.33 bits per heavy atom. The van der Waals surface area contributed by atoms with Gasteiger partial charge in [-0.15, -0.1) is 0 Å². The minimum atomic E-state index is 0.643. The minimum absolute atomic E-state index is 0.643. The van der Waals surface area contributed by atoms with Crippen molar-refractivity contribution in [3.05, 3.63) is 34.4 Å². The van der Waals surface area contributed by atoms with Gasteiger partial charge in [-0.05, 0) is 24.1 Å². The molecule has 0 saturated heterocycles. The molecular formula is C11H11BrN2S. The van der Waals surface area contributed by atoms with Crippen molar-refractivity contribution in [2.24, 2.45) is 0 Å². The third-order valence-electron chi connectivity index (χ3n) is 2.16. The lowest BCUT2D eigenvalue weighted by Gasteiger charge is -1.99. The molecule has 0 spiro atoms. The molecule has 2 N–H and O–H groups in total. The molecule has 1 aromatic heterocycles. The average Bonchev–Trinajstić information content (AvgIpc) is 2.61. The lowest BCUT2D eigenvalue weighted by Crippen LogP contribution is -1.85. The molecule has 0 saturated carbocycles. The highest BCUT2D eigenvalue weighted by atomic mass is 79.9. The van der Waals surface area contributed by atoms with Gasteiger partial charge in [0.2, 0.25) is 0 Å². The molecule has 15 heavy (non-hydrogen) atoms. The number of rotatable bonds is 2. The molecule has 2 rings (SSSR count). The molecule has 0 atom stereocenters. The molecule has 0 unspecified atom stereocenters. The molecular weight excluding hydrogens is 272 g/mol. The van der Waals surface area contributed by atoms with E-state index in [-0.39, 0.29) is 0 Å². The van der Waals surface area contributed by atoms with E-state index < -0.39 is 0 Å². The summed E-state index contributed by atoms with van der Waals surface area (Å²) in [5, 5.41) is 0.643. The topological polar surface area (TPSA) is 38.9 Å². The van der Waals surface area contributed by atoms with Crippen molar-refractivity contribution in [3.8, 4) is 10.4 Å². The third-order valence-corrected chi connectivity index (χ3v) is 3.66. The molecule has 0 fully saturated rings. The van der Waals surface area contributed by atoms with Gasteiger partial charge in [0.1, 0.15) is 0 Å². The molecule has 1 aromatic carbocycles. The maximum atomic E-state index is 5.72. The van der Waals surface area contributed by atoms with Crippen LogP contribution in [0.1, 0.15) is 12.6 Å². The van der Waals surface area contributed by atoms with Crippen LogP contribution in [0.15, 0.2) is 28.7 Å². The SMILES string of the molecule is CCc1nc(N)sc1-c1ccc(Br)cc1. The average molecular weight is 283 g/mol. The van der Waals surface area contributed by atoms with E-state index in [2.05, 4.69) is 40.0 Å². The summed E-state index contributed by atoms with van der Waals surface area (Å²) in [6.45, 7) is 2.09. The summed E-state index contributed by atoms with van der Waals surface area (Å²) in [5.41, 5.74) is 7.99. The van der Waals surface area contributed by atoms with Crippen LogP contribution in [0.3, 0.4) is 0 Å². The normalized spacial score (nSPS) is 10.5. The second-order valence-electron chi connectivity index (χ2n) is 3.19. The molecule has 0 aliphatic rings. The van der Waals surface area contributed by atoms with E-state index in [1.165, 1.54) is 10.4 Å². The summed E-state index contributed by atoms with van der Waals surface area (Å²) in [6, 6.07) is 8.22. The van der Waals surface area contributed by atoms with Crippen molar-refractivity contribution in [2.45, 2.75) is 13.3 Å². The Hall–Kier alpha value is -0.870. The lowest BCUT2D eigenvalue weighted by molar-refractivity contribution is 1.07. The summed E-state index contributed by atoms with van der Waals surface area (Å²) in [7, 11) is 0. The van der Waals surface area contributed by atoms with Crippen LogP contribution in [0.5, 0.6) is 0 Å². The van der Waals surface area contributed by atoms with Crippen molar-refractivity contribution < 1.29 is 0 Å². The largest absolute Gasteiger partial charge is 0.375 e. The number of nitrogens with zero attached hydrogens (tertiary/aromatic N) is 1. The first-order chi connectivity index (χ1) is 7.20. The van der Waals surface area contributed by atoms with E-state index in [4.69, 9.17) is 5.73 Å². The van der Waals surface area contributed by atoms with Gasteiger partial charge in [0, 0.05) is 4.47 Å². The van der Waals surface area contributed by atoms with Gasteiger partial charge < -0.3 is 5.73 Å². The second-order valence-corrected chi connectivity index (χ2v) is 5.13. The highest BCUT2D eigenvalue weighted by molar-refractivity contribution is 9.10. The number of hydrogen-bond donors (Lipinski definition) is 1. The van der Waals surface area contributed by atoms with Crippen molar-refractivity contribution in [2.75, 3.05) is 5.73 Å². The Labute approximate surface area is 101 Å². The first-order valence-electron chi connectivity index (χ1n) is 4.72. The van der Waals surface area contributed by atoms with Crippen molar-refractivity contribution in [1.29, 1.82) is 0 Å². The van der Waals surface area contributed by atoms with Gasteiger partial charge in [0.15, 0.2) is 5.13 Å². The molecule has 0 bridgehead atoms. The van der Waals surface area contributed by atoms with E-state index in [0.29, 0.717) is 5.13 Å². The number of benzene rings is 1. The fourth-order valence-corrected chi connectivity index (χ4v) is 2.63. The van der Waals surface area contributed by atoms with Gasteiger partial charge in [-0.3, -0.25) is 0 Å². The smallest absolute Gasteiger partial charge is 0.180 e. The maximum Gasteiger partial charge on any atom is 0.180 e. The van der Waals surface area contributed by atoms with Crippen molar-refractivity contribution >= 4 is 32.4 Å². The van der Waals surface area contributed by atoms with Crippen LogP contribution in [0.2, 0.25) is 0 Å². The monoisotopic (exact) mass is 282 g/mol. The number of thiazole rings is 1. The Kier molecular flexibility index (Phi) is 3.07. The Bertz CT molecular complexity index is 462. The zero-order chi connectivity index (χ0) is 10.8. The maximum absolute atomic E-state index is 5.72. The minimum Gasteiger partial charge on any atom is -0.375 e. The fraction of sp³-hybridized carbons (Fsp3) is 0.182. The van der Waals surface area contributed by atoms with Crippen molar-refractivity contribution in [1.82, 2.24) is 4.98 Å². The van der Waals surface area contributed by atoms with Crippen LogP contribution in [0.25, 0.3) is 10.4 Å². The molecule has 0 radical (unpaired) electrons. The fourth-order valence-electron chi connectivity index (χ4n) is 1.44. The highest BCUT2D eigenvalue weighted by Crippen LogP contribution is 2.32. The number of aromatic nitrogens is 1. The van der Waals surface area contributed by atoms with E-state index in [1.54, 1.807) is 11.3 Å². The first-order valence-corrected chi connectivity index (χ1v) is 6.32. The van der Waals surface area contributed by atoms with Crippen LogP contribution < -0.4 is 5.73 Å². The summed E-state index contributed by atoms with van der Waals surface area (Å²) in [5.74, 6) is 0. The Morgan fingerprint density at radius 2 is 2.00 bits per heavy atom. The van der Waals surface area contributed by atoms with E-state index in [1.807, 2.05) is 12.1 Å². The lowest BCUT2D eigenvalue weighted by atomic mass is 10.1. The van der Waals surface area contributed by atoms with Gasteiger partial charge in [-0.1, -0.05) is 46.3 Å². The van der Waals surface area contributed by atoms with Crippen LogP contribution in [-0.4, -0.2) is 4.98 Å². The third kappa shape index (κ3) is 2.21. The quantitative estimate of drug-likeness (QED) is 0.912. The zero-order valence-electron chi connectivity index (χ0n) is 8.33. The predicted octanol–water partition coefficient (Wildman–Crippen LogP) is 3.72. The second kappa shape index (κ2) is 4.33. The van der Waals surface area contributed by atoms with E-state index in [0.717, 1.165) is 16.6 Å². The van der Waals surface area contributed by atoms with Gasteiger partial charge in [-0.2, -0.15) is 0 Å². The molecule has 4 heteroatoms. The summed E-state index contributed by atoms with van der Waals surface area (Å²) in [4.78, 5) is 5.50. The predicted molar refractivity (Wildman–Crippen MR) is 69.0 cm³/mol. The van der Waals surface area contributed by atoms with Crippen LogP contribution in [-0.2, 0) is 6.42 Å². The standard InChI is InChI=1S/C11H11BrN2S/c1-2-9-10(15-11(13)14-9)7-3-5-8(12)6-4-7/h3-6H,2H2,1H3,(H2,13,14). The van der Waals surface area contributed by atoms with E-state index in [9.17, 15) is 0 Å². The summed E-state index contributed by atoms with van der Waals surface area (Å²) >= 11 is 4.97. The van der Waals surface area contributed by atoms with Crippen LogP contribution in [0, 0.1) is 0 Å². The molecule has 0 aliphatic carbocycles. The number of halogens is 1.